The minimum atomic E-state index is -3.28. The molecule has 0 saturated carbocycles. The van der Waals surface area contributed by atoms with Crippen molar-refractivity contribution in [1.29, 1.82) is 0 Å². The van der Waals surface area contributed by atoms with E-state index in [0.29, 0.717) is 24.3 Å². The number of benzene rings is 1. The zero-order valence-electron chi connectivity index (χ0n) is 11.3. The topological polar surface area (TPSA) is 101 Å². The van der Waals surface area contributed by atoms with Gasteiger partial charge in [-0.25, -0.2) is 8.42 Å². The highest BCUT2D eigenvalue weighted by atomic mass is 35.5. The first-order chi connectivity index (χ1) is 8.96. The second-order valence-electron chi connectivity index (χ2n) is 4.09. The first-order valence-corrected chi connectivity index (χ1v) is 7.72. The van der Waals surface area contributed by atoms with E-state index in [1.54, 1.807) is 31.2 Å². The second-order valence-corrected chi connectivity index (χ2v) is 5.93. The number of carbonyl (C=O) groups is 1. The van der Waals surface area contributed by atoms with Gasteiger partial charge < -0.3 is 11.1 Å². The number of sulfonamides is 1. The van der Waals surface area contributed by atoms with Crippen molar-refractivity contribution in [3.05, 3.63) is 24.3 Å². The van der Waals surface area contributed by atoms with Gasteiger partial charge in [-0.2, -0.15) is 0 Å². The van der Waals surface area contributed by atoms with E-state index in [0.717, 1.165) is 0 Å². The normalized spacial score (nSPS) is 10.5. The second kappa shape index (κ2) is 8.78. The summed E-state index contributed by atoms with van der Waals surface area (Å²) in [7, 11) is -3.28. The van der Waals surface area contributed by atoms with Crippen LogP contribution in [-0.2, 0) is 14.8 Å². The number of nitrogens with two attached hydrogens (primary N) is 1. The fourth-order valence-corrected chi connectivity index (χ4v) is 2.61. The van der Waals surface area contributed by atoms with Gasteiger partial charge in [-0.05, 0) is 30.7 Å². The summed E-state index contributed by atoms with van der Waals surface area (Å²) in [5.41, 5.74) is 6.35. The summed E-state index contributed by atoms with van der Waals surface area (Å²) < 4.78 is 25.6. The molecule has 0 aliphatic rings. The maximum Gasteiger partial charge on any atom is 0.232 e. The predicted molar refractivity (Wildman–Crippen MR) is 83.7 cm³/mol. The minimum Gasteiger partial charge on any atom is -0.330 e. The van der Waals surface area contributed by atoms with E-state index in [4.69, 9.17) is 5.73 Å². The standard InChI is InChI=1S/C12H19N3O3S.ClH/c1-2-9-19(17,18)15-11-5-3-10(4-6-11)14-12(16)7-8-13;/h3-6,15H,2,7-9,13H2,1H3,(H,14,16);1H. The molecule has 1 amide bonds. The predicted octanol–water partition coefficient (Wildman–Crippen LogP) is 1.55. The van der Waals surface area contributed by atoms with Crippen LogP contribution in [-0.4, -0.2) is 26.6 Å². The van der Waals surface area contributed by atoms with Crippen molar-refractivity contribution in [1.82, 2.24) is 0 Å². The zero-order chi connectivity index (χ0) is 14.3. The molecule has 0 fully saturated rings. The van der Waals surface area contributed by atoms with Crippen LogP contribution in [0.1, 0.15) is 19.8 Å². The Morgan fingerprint density at radius 2 is 1.75 bits per heavy atom. The van der Waals surface area contributed by atoms with Gasteiger partial charge in [-0.15, -0.1) is 12.4 Å². The first kappa shape index (κ1) is 18.7. The lowest BCUT2D eigenvalue weighted by Crippen LogP contribution is -2.17. The number of amides is 1. The van der Waals surface area contributed by atoms with Crippen molar-refractivity contribution in [2.75, 3.05) is 22.3 Å². The molecular weight excluding hydrogens is 302 g/mol. The van der Waals surface area contributed by atoms with Gasteiger partial charge in [0, 0.05) is 24.3 Å². The molecular formula is C12H20ClN3O3S. The Labute approximate surface area is 125 Å². The molecule has 1 rings (SSSR count). The molecule has 4 N–H and O–H groups in total. The molecule has 0 spiro atoms. The summed E-state index contributed by atoms with van der Waals surface area (Å²) >= 11 is 0. The SMILES string of the molecule is CCCS(=O)(=O)Nc1ccc(NC(=O)CCN)cc1.Cl. The molecule has 8 heteroatoms. The van der Waals surface area contributed by atoms with Crippen molar-refractivity contribution >= 4 is 39.7 Å². The molecule has 0 bridgehead atoms. The third-order valence-electron chi connectivity index (χ3n) is 2.29. The summed E-state index contributed by atoms with van der Waals surface area (Å²) in [5.74, 6) is -0.0797. The highest BCUT2D eigenvalue weighted by molar-refractivity contribution is 7.92. The number of hydrogen-bond donors (Lipinski definition) is 3. The van der Waals surface area contributed by atoms with E-state index < -0.39 is 10.0 Å². The zero-order valence-corrected chi connectivity index (χ0v) is 12.9. The van der Waals surface area contributed by atoms with Crippen molar-refractivity contribution in [2.45, 2.75) is 19.8 Å². The largest absolute Gasteiger partial charge is 0.330 e. The average Bonchev–Trinajstić information content (AvgIpc) is 2.31. The van der Waals surface area contributed by atoms with E-state index >= 15 is 0 Å². The van der Waals surface area contributed by atoms with Crippen LogP contribution in [0.5, 0.6) is 0 Å². The molecule has 0 radical (unpaired) electrons. The van der Waals surface area contributed by atoms with Crippen LogP contribution in [0.4, 0.5) is 11.4 Å². The monoisotopic (exact) mass is 321 g/mol. The van der Waals surface area contributed by atoms with Gasteiger partial charge in [0.05, 0.1) is 5.75 Å². The van der Waals surface area contributed by atoms with E-state index in [1.165, 1.54) is 0 Å². The van der Waals surface area contributed by atoms with Crippen LogP contribution in [0.3, 0.4) is 0 Å². The maximum atomic E-state index is 11.6. The molecule has 1 aromatic carbocycles. The van der Waals surface area contributed by atoms with Crippen LogP contribution < -0.4 is 15.8 Å². The van der Waals surface area contributed by atoms with E-state index in [1.807, 2.05) is 0 Å². The molecule has 0 saturated heterocycles. The summed E-state index contributed by atoms with van der Waals surface area (Å²) in [4.78, 5) is 11.3. The van der Waals surface area contributed by atoms with Crippen molar-refractivity contribution in [3.63, 3.8) is 0 Å². The lowest BCUT2D eigenvalue weighted by molar-refractivity contribution is -0.116. The number of anilines is 2. The maximum absolute atomic E-state index is 11.6. The highest BCUT2D eigenvalue weighted by Gasteiger charge is 2.08. The Hall–Kier alpha value is -1.31. The van der Waals surface area contributed by atoms with Crippen LogP contribution in [0.15, 0.2) is 24.3 Å². The lowest BCUT2D eigenvalue weighted by atomic mass is 10.3. The molecule has 20 heavy (non-hydrogen) atoms. The number of hydrogen-bond acceptors (Lipinski definition) is 4. The third-order valence-corrected chi connectivity index (χ3v) is 3.78. The van der Waals surface area contributed by atoms with Crippen LogP contribution in [0, 0.1) is 0 Å². The molecule has 0 aliphatic heterocycles. The van der Waals surface area contributed by atoms with Crippen LogP contribution >= 0.6 is 12.4 Å². The quantitative estimate of drug-likeness (QED) is 0.709. The molecule has 0 aliphatic carbocycles. The van der Waals surface area contributed by atoms with Crippen molar-refractivity contribution < 1.29 is 13.2 Å². The summed E-state index contributed by atoms with van der Waals surface area (Å²) in [6, 6.07) is 6.48. The van der Waals surface area contributed by atoms with Crippen molar-refractivity contribution in [2.24, 2.45) is 5.73 Å². The Bertz CT molecular complexity index is 517. The van der Waals surface area contributed by atoms with Gasteiger partial charge in [-0.3, -0.25) is 9.52 Å². The van der Waals surface area contributed by atoms with Gasteiger partial charge >= 0.3 is 0 Å². The Balaban J connectivity index is 0.00000361. The molecule has 6 nitrogen and oxygen atoms in total. The molecule has 0 atom stereocenters. The van der Waals surface area contributed by atoms with Gasteiger partial charge in [0.15, 0.2) is 0 Å². The number of nitrogens with one attached hydrogen (secondary N) is 2. The van der Waals surface area contributed by atoms with Crippen LogP contribution in [0.25, 0.3) is 0 Å². The van der Waals surface area contributed by atoms with E-state index in [-0.39, 0.29) is 30.5 Å². The Morgan fingerprint density at radius 1 is 1.20 bits per heavy atom. The fraction of sp³-hybridized carbons (Fsp3) is 0.417. The molecule has 0 unspecified atom stereocenters. The lowest BCUT2D eigenvalue weighted by Gasteiger charge is -2.08. The minimum absolute atomic E-state index is 0. The van der Waals surface area contributed by atoms with Crippen LogP contribution in [0.2, 0.25) is 0 Å². The first-order valence-electron chi connectivity index (χ1n) is 6.07. The number of rotatable bonds is 7. The van der Waals surface area contributed by atoms with Gasteiger partial charge in [0.25, 0.3) is 0 Å². The summed E-state index contributed by atoms with van der Waals surface area (Å²) in [5, 5.41) is 2.66. The van der Waals surface area contributed by atoms with E-state index in [9.17, 15) is 13.2 Å². The fourth-order valence-electron chi connectivity index (χ4n) is 1.48. The summed E-state index contributed by atoms with van der Waals surface area (Å²) in [6.07, 6.45) is 0.813. The Morgan fingerprint density at radius 3 is 2.25 bits per heavy atom. The number of carbonyl (C=O) groups excluding carboxylic acids is 1. The summed E-state index contributed by atoms with van der Waals surface area (Å²) in [6.45, 7) is 2.09. The van der Waals surface area contributed by atoms with Crippen molar-refractivity contribution in [3.8, 4) is 0 Å². The highest BCUT2D eigenvalue weighted by Crippen LogP contribution is 2.15. The smallest absolute Gasteiger partial charge is 0.232 e. The van der Waals surface area contributed by atoms with Gasteiger partial charge in [0.2, 0.25) is 15.9 Å². The third kappa shape index (κ3) is 6.74. The Kier molecular flexibility index (Phi) is 8.21. The average molecular weight is 322 g/mol. The number of halogens is 1. The molecule has 0 aromatic heterocycles. The van der Waals surface area contributed by atoms with E-state index in [2.05, 4.69) is 10.0 Å². The molecule has 114 valence electrons. The van der Waals surface area contributed by atoms with Gasteiger partial charge in [-0.1, -0.05) is 6.92 Å². The molecule has 0 heterocycles. The molecule has 1 aromatic rings. The van der Waals surface area contributed by atoms with Gasteiger partial charge in [0.1, 0.15) is 0 Å².